The minimum Gasteiger partial charge on any atom is -0.294 e. The molecule has 3 aromatic rings. The predicted octanol–water partition coefficient (Wildman–Crippen LogP) is 5.49. The second kappa shape index (κ2) is 5.40. The summed E-state index contributed by atoms with van der Waals surface area (Å²) in [5.41, 5.74) is 3.93. The van der Waals surface area contributed by atoms with Crippen LogP contribution in [0.1, 0.15) is 11.4 Å². The van der Waals surface area contributed by atoms with Gasteiger partial charge in [0.15, 0.2) is 0 Å². The molecule has 0 fully saturated rings. The van der Waals surface area contributed by atoms with E-state index in [-0.39, 0.29) is 0 Å². The molecular formula is C15H11BrCl2N2. The van der Waals surface area contributed by atoms with Gasteiger partial charge in [0, 0.05) is 4.47 Å². The van der Waals surface area contributed by atoms with Gasteiger partial charge in [0.05, 0.1) is 27.6 Å². The highest BCUT2D eigenvalue weighted by atomic mass is 79.9. The third-order valence-corrected chi connectivity index (χ3v) is 4.25. The topological polar surface area (TPSA) is 17.8 Å². The Morgan fingerprint density at radius 3 is 2.75 bits per heavy atom. The van der Waals surface area contributed by atoms with Crippen LogP contribution in [0.25, 0.3) is 16.7 Å². The summed E-state index contributed by atoms with van der Waals surface area (Å²) in [5, 5.41) is 0.693. The molecule has 0 aliphatic rings. The zero-order valence-electron chi connectivity index (χ0n) is 10.7. The van der Waals surface area contributed by atoms with Gasteiger partial charge in [0.1, 0.15) is 5.82 Å². The first kappa shape index (κ1) is 13.9. The maximum atomic E-state index is 6.38. The molecule has 1 heterocycles. The molecule has 5 heteroatoms. The number of nitrogens with zero attached hydrogens (tertiary/aromatic N) is 2. The van der Waals surface area contributed by atoms with Crippen LogP contribution < -0.4 is 0 Å². The van der Waals surface area contributed by atoms with Crippen molar-refractivity contribution >= 4 is 50.2 Å². The fourth-order valence-electron chi connectivity index (χ4n) is 2.35. The van der Waals surface area contributed by atoms with Gasteiger partial charge in [-0.3, -0.25) is 4.57 Å². The number of hydrogen-bond donors (Lipinski definition) is 0. The summed E-state index contributed by atoms with van der Waals surface area (Å²) in [6.07, 6.45) is 0. The quantitative estimate of drug-likeness (QED) is 0.546. The highest BCUT2D eigenvalue weighted by molar-refractivity contribution is 9.10. The van der Waals surface area contributed by atoms with Crippen molar-refractivity contribution in [3.05, 3.63) is 57.3 Å². The summed E-state index contributed by atoms with van der Waals surface area (Å²) < 4.78 is 3.03. The smallest absolute Gasteiger partial charge is 0.129 e. The Labute approximate surface area is 135 Å². The number of hydrogen-bond acceptors (Lipinski definition) is 1. The highest BCUT2D eigenvalue weighted by Gasteiger charge is 2.15. The van der Waals surface area contributed by atoms with E-state index >= 15 is 0 Å². The van der Waals surface area contributed by atoms with Gasteiger partial charge in [-0.2, -0.15) is 0 Å². The largest absolute Gasteiger partial charge is 0.294 e. The number of aryl methyl sites for hydroxylation is 1. The lowest BCUT2D eigenvalue weighted by atomic mass is 10.2. The van der Waals surface area contributed by atoms with Crippen LogP contribution in [0.5, 0.6) is 0 Å². The summed E-state index contributed by atoms with van der Waals surface area (Å²) in [5.74, 6) is 1.12. The van der Waals surface area contributed by atoms with Crippen molar-refractivity contribution < 1.29 is 0 Å². The van der Waals surface area contributed by atoms with Crippen LogP contribution in [0.15, 0.2) is 40.9 Å². The number of alkyl halides is 1. The third kappa shape index (κ3) is 2.24. The zero-order chi connectivity index (χ0) is 14.3. The summed E-state index contributed by atoms with van der Waals surface area (Å²) >= 11 is 15.9. The molecule has 0 N–H and O–H groups in total. The minimum atomic E-state index is 0.330. The second-order valence-electron chi connectivity index (χ2n) is 4.54. The van der Waals surface area contributed by atoms with Gasteiger partial charge in [0.25, 0.3) is 0 Å². The Balaban J connectivity index is 2.40. The predicted molar refractivity (Wildman–Crippen MR) is 88.1 cm³/mol. The van der Waals surface area contributed by atoms with Gasteiger partial charge >= 0.3 is 0 Å². The number of rotatable bonds is 2. The van der Waals surface area contributed by atoms with E-state index in [1.54, 1.807) is 0 Å². The fraction of sp³-hybridized carbons (Fsp3) is 0.133. The van der Waals surface area contributed by atoms with E-state index in [0.717, 1.165) is 32.6 Å². The minimum absolute atomic E-state index is 0.330. The average molecular weight is 370 g/mol. The molecule has 0 aliphatic carbocycles. The lowest BCUT2D eigenvalue weighted by Gasteiger charge is -2.13. The van der Waals surface area contributed by atoms with Crippen molar-refractivity contribution in [1.82, 2.24) is 9.55 Å². The molecule has 0 unspecified atom stereocenters. The molecule has 0 radical (unpaired) electrons. The Hall–Kier alpha value is -1.03. The van der Waals surface area contributed by atoms with E-state index in [1.807, 2.05) is 47.9 Å². The molecule has 0 saturated carbocycles. The van der Waals surface area contributed by atoms with E-state index < -0.39 is 0 Å². The Bertz CT molecular complexity index is 776. The number of para-hydroxylation sites is 1. The first-order valence-corrected chi connectivity index (χ1v) is 7.80. The number of imidazole rings is 1. The Morgan fingerprint density at radius 1 is 1.25 bits per heavy atom. The lowest BCUT2D eigenvalue weighted by molar-refractivity contribution is 0.972. The number of aromatic nitrogens is 2. The first-order valence-electron chi connectivity index (χ1n) is 6.10. The van der Waals surface area contributed by atoms with Gasteiger partial charge < -0.3 is 0 Å². The second-order valence-corrected chi connectivity index (χ2v) is 6.13. The highest BCUT2D eigenvalue weighted by Crippen LogP contribution is 2.31. The molecular weight excluding hydrogens is 359 g/mol. The maximum absolute atomic E-state index is 6.38. The molecule has 2 aromatic carbocycles. The molecule has 0 amide bonds. The lowest BCUT2D eigenvalue weighted by Crippen LogP contribution is -2.02. The molecule has 0 atom stereocenters. The molecule has 3 rings (SSSR count). The van der Waals surface area contributed by atoms with Gasteiger partial charge in [-0.15, -0.1) is 11.6 Å². The standard InChI is InChI=1S/C15H11BrCl2N2/c1-9-3-2-4-11(18)15(9)20-13-6-5-10(16)7-12(13)19-14(20)8-17/h2-7H,8H2,1H3. The number of benzene rings is 2. The van der Waals surface area contributed by atoms with Crippen LogP contribution in [0.4, 0.5) is 0 Å². The molecule has 0 bridgehead atoms. The monoisotopic (exact) mass is 368 g/mol. The molecule has 0 saturated heterocycles. The van der Waals surface area contributed by atoms with E-state index in [1.165, 1.54) is 0 Å². The molecule has 1 aromatic heterocycles. The van der Waals surface area contributed by atoms with E-state index in [0.29, 0.717) is 10.9 Å². The molecule has 0 aliphatic heterocycles. The van der Waals surface area contributed by atoms with Crippen molar-refractivity contribution in [1.29, 1.82) is 0 Å². The number of halogens is 3. The van der Waals surface area contributed by atoms with E-state index in [2.05, 4.69) is 20.9 Å². The molecule has 102 valence electrons. The van der Waals surface area contributed by atoms with Crippen LogP contribution >= 0.6 is 39.1 Å². The Morgan fingerprint density at radius 2 is 2.05 bits per heavy atom. The van der Waals surface area contributed by atoms with Crippen molar-refractivity contribution in [2.75, 3.05) is 0 Å². The zero-order valence-corrected chi connectivity index (χ0v) is 13.8. The van der Waals surface area contributed by atoms with Gasteiger partial charge in [0.2, 0.25) is 0 Å². The molecule has 20 heavy (non-hydrogen) atoms. The third-order valence-electron chi connectivity index (χ3n) is 3.22. The summed E-state index contributed by atoms with van der Waals surface area (Å²) in [6, 6.07) is 11.8. The van der Waals surface area contributed by atoms with Crippen molar-refractivity contribution in [3.8, 4) is 5.69 Å². The average Bonchev–Trinajstić information content (AvgIpc) is 2.76. The van der Waals surface area contributed by atoms with Crippen LogP contribution in [0.2, 0.25) is 5.02 Å². The normalized spacial score (nSPS) is 11.2. The fourth-order valence-corrected chi connectivity index (χ4v) is 3.18. The summed E-state index contributed by atoms with van der Waals surface area (Å²) in [6.45, 7) is 2.03. The van der Waals surface area contributed by atoms with E-state index in [9.17, 15) is 0 Å². The van der Waals surface area contributed by atoms with Crippen LogP contribution in [-0.4, -0.2) is 9.55 Å². The van der Waals surface area contributed by atoms with Crippen LogP contribution in [0.3, 0.4) is 0 Å². The molecule has 2 nitrogen and oxygen atoms in total. The van der Waals surface area contributed by atoms with Crippen molar-refractivity contribution in [3.63, 3.8) is 0 Å². The summed E-state index contributed by atoms with van der Waals surface area (Å²) in [7, 11) is 0. The SMILES string of the molecule is Cc1cccc(Cl)c1-n1c(CCl)nc2cc(Br)ccc21. The van der Waals surface area contributed by atoms with Crippen LogP contribution in [-0.2, 0) is 5.88 Å². The maximum Gasteiger partial charge on any atom is 0.129 e. The van der Waals surface area contributed by atoms with Crippen molar-refractivity contribution in [2.45, 2.75) is 12.8 Å². The van der Waals surface area contributed by atoms with Gasteiger partial charge in [-0.1, -0.05) is 39.7 Å². The molecule has 0 spiro atoms. The summed E-state index contributed by atoms with van der Waals surface area (Å²) in [4.78, 5) is 4.59. The van der Waals surface area contributed by atoms with Gasteiger partial charge in [-0.25, -0.2) is 4.98 Å². The van der Waals surface area contributed by atoms with E-state index in [4.69, 9.17) is 23.2 Å². The Kier molecular flexibility index (Phi) is 3.76. The van der Waals surface area contributed by atoms with Crippen molar-refractivity contribution in [2.24, 2.45) is 0 Å². The van der Waals surface area contributed by atoms with Crippen LogP contribution in [0, 0.1) is 6.92 Å². The first-order chi connectivity index (χ1) is 9.61. The number of fused-ring (bicyclic) bond motifs is 1. The van der Waals surface area contributed by atoms with Gasteiger partial charge in [-0.05, 0) is 36.8 Å².